The highest BCUT2D eigenvalue weighted by Crippen LogP contribution is 2.51. The maximum atomic E-state index is 5.85. The third-order valence-electron chi connectivity index (χ3n) is 1.59. The molecule has 0 unspecified atom stereocenters. The highest BCUT2D eigenvalue weighted by atomic mass is 35.9. The predicted octanol–water partition coefficient (Wildman–Crippen LogP) is 4.37. The first-order valence-corrected chi connectivity index (χ1v) is 7.19. The van der Waals surface area contributed by atoms with Crippen molar-refractivity contribution in [2.75, 3.05) is 6.54 Å². The molecule has 0 aliphatic heterocycles. The van der Waals surface area contributed by atoms with Crippen molar-refractivity contribution in [1.82, 2.24) is 4.67 Å². The van der Waals surface area contributed by atoms with Crippen LogP contribution >= 0.6 is 29.3 Å². The normalized spacial score (nSPS) is 11.6. The fraction of sp³-hybridized carbons (Fsp3) is 0.750. The first kappa shape index (κ1) is 12.7. The summed E-state index contributed by atoms with van der Waals surface area (Å²) in [6.45, 7) is 7.86. The van der Waals surface area contributed by atoms with E-state index in [4.69, 9.17) is 22.5 Å². The topological polar surface area (TPSA) is 3.24 Å². The van der Waals surface area contributed by atoms with E-state index in [0.29, 0.717) is 6.04 Å². The first-order valence-electron chi connectivity index (χ1n) is 4.08. The van der Waals surface area contributed by atoms with Crippen LogP contribution in [-0.2, 0) is 0 Å². The molecule has 0 saturated carbocycles. The minimum atomic E-state index is -0.976. The molecule has 0 aromatic carbocycles. The SMILES string of the molecule is C=CCCCN(C(C)C)P(Cl)Cl. The zero-order chi connectivity index (χ0) is 9.56. The summed E-state index contributed by atoms with van der Waals surface area (Å²) in [5, 5.41) is 0. The number of unbranched alkanes of at least 4 members (excludes halogenated alkanes) is 1. The number of allylic oxidation sites excluding steroid dienone is 1. The van der Waals surface area contributed by atoms with E-state index in [-0.39, 0.29) is 0 Å². The van der Waals surface area contributed by atoms with Crippen molar-refractivity contribution in [2.45, 2.75) is 32.7 Å². The van der Waals surface area contributed by atoms with Gasteiger partial charge in [0, 0.05) is 12.6 Å². The van der Waals surface area contributed by atoms with Crippen molar-refractivity contribution < 1.29 is 0 Å². The van der Waals surface area contributed by atoms with Gasteiger partial charge in [0.15, 0.2) is 6.78 Å². The van der Waals surface area contributed by atoms with Crippen LogP contribution in [0.25, 0.3) is 0 Å². The Labute approximate surface area is 86.1 Å². The smallest absolute Gasteiger partial charge is 0.160 e. The zero-order valence-electron chi connectivity index (χ0n) is 7.63. The average molecular weight is 228 g/mol. The monoisotopic (exact) mass is 227 g/mol. The fourth-order valence-electron chi connectivity index (χ4n) is 0.906. The van der Waals surface area contributed by atoms with Gasteiger partial charge in [-0.2, -0.15) is 0 Å². The molecule has 0 rings (SSSR count). The summed E-state index contributed by atoms with van der Waals surface area (Å²) in [4.78, 5) is 0. The minimum absolute atomic E-state index is 0.427. The molecule has 12 heavy (non-hydrogen) atoms. The van der Waals surface area contributed by atoms with Gasteiger partial charge >= 0.3 is 0 Å². The number of hydrogen-bond donors (Lipinski definition) is 0. The Kier molecular flexibility index (Phi) is 7.57. The third kappa shape index (κ3) is 5.37. The molecule has 0 aliphatic rings. The molecule has 1 nitrogen and oxygen atoms in total. The Morgan fingerprint density at radius 3 is 2.42 bits per heavy atom. The van der Waals surface area contributed by atoms with Gasteiger partial charge in [-0.15, -0.1) is 6.58 Å². The molecular weight excluding hydrogens is 212 g/mol. The molecule has 0 spiro atoms. The van der Waals surface area contributed by atoms with Crippen LogP contribution in [0.4, 0.5) is 0 Å². The second-order valence-electron chi connectivity index (χ2n) is 2.90. The second-order valence-corrected chi connectivity index (χ2v) is 6.29. The standard InChI is InChI=1S/C8H16Cl2NP/c1-4-5-6-7-11(8(2)3)12(9)10/h4,8H,1,5-7H2,2-3H3. The van der Waals surface area contributed by atoms with Crippen molar-refractivity contribution in [3.8, 4) is 0 Å². The summed E-state index contributed by atoms with van der Waals surface area (Å²) in [5.74, 6) is 0. The fourth-order valence-corrected chi connectivity index (χ4v) is 3.05. The Morgan fingerprint density at radius 1 is 1.50 bits per heavy atom. The molecule has 0 heterocycles. The highest BCUT2D eigenvalue weighted by Gasteiger charge is 2.15. The van der Waals surface area contributed by atoms with Crippen LogP contribution < -0.4 is 0 Å². The van der Waals surface area contributed by atoms with E-state index >= 15 is 0 Å². The van der Waals surface area contributed by atoms with Crippen molar-refractivity contribution >= 4 is 29.3 Å². The maximum Gasteiger partial charge on any atom is 0.160 e. The first-order chi connectivity index (χ1) is 5.59. The van der Waals surface area contributed by atoms with Crippen molar-refractivity contribution in [3.05, 3.63) is 12.7 Å². The highest BCUT2D eigenvalue weighted by molar-refractivity contribution is 8.02. The summed E-state index contributed by atoms with van der Waals surface area (Å²) in [6, 6.07) is 0.427. The molecule has 0 fully saturated rings. The van der Waals surface area contributed by atoms with E-state index in [2.05, 4.69) is 25.1 Å². The second kappa shape index (κ2) is 7.15. The predicted molar refractivity (Wildman–Crippen MR) is 59.9 cm³/mol. The molecule has 4 heteroatoms. The molecule has 0 amide bonds. The van der Waals surface area contributed by atoms with Crippen LogP contribution in [0.2, 0.25) is 0 Å². The summed E-state index contributed by atoms with van der Waals surface area (Å²) in [6.07, 6.45) is 4.03. The van der Waals surface area contributed by atoms with Crippen LogP contribution in [0.15, 0.2) is 12.7 Å². The molecule has 0 radical (unpaired) electrons. The Bertz CT molecular complexity index is 120. The summed E-state index contributed by atoms with van der Waals surface area (Å²) in [5.41, 5.74) is 0. The van der Waals surface area contributed by atoms with Gasteiger partial charge in [-0.1, -0.05) is 28.6 Å². The van der Waals surface area contributed by atoms with Crippen molar-refractivity contribution in [2.24, 2.45) is 0 Å². The minimum Gasteiger partial charge on any atom is -0.255 e. The zero-order valence-corrected chi connectivity index (χ0v) is 10.0. The largest absolute Gasteiger partial charge is 0.255 e. The quantitative estimate of drug-likeness (QED) is 0.370. The molecule has 0 bridgehead atoms. The van der Waals surface area contributed by atoms with E-state index in [9.17, 15) is 0 Å². The lowest BCUT2D eigenvalue weighted by Crippen LogP contribution is -2.24. The van der Waals surface area contributed by atoms with E-state index in [1.807, 2.05) is 6.08 Å². The third-order valence-corrected chi connectivity index (χ3v) is 3.80. The molecular formula is C8H16Cl2NP. The molecule has 0 aromatic heterocycles. The molecule has 0 aromatic rings. The van der Waals surface area contributed by atoms with Gasteiger partial charge < -0.3 is 0 Å². The van der Waals surface area contributed by atoms with E-state index in [0.717, 1.165) is 19.4 Å². The van der Waals surface area contributed by atoms with Crippen molar-refractivity contribution in [3.63, 3.8) is 0 Å². The van der Waals surface area contributed by atoms with Crippen LogP contribution in [0, 0.1) is 0 Å². The Balaban J connectivity index is 3.71. The number of hydrogen-bond acceptors (Lipinski definition) is 1. The summed E-state index contributed by atoms with van der Waals surface area (Å²) >= 11 is 11.7. The molecule has 0 aliphatic carbocycles. The van der Waals surface area contributed by atoms with Crippen LogP contribution in [0.3, 0.4) is 0 Å². The van der Waals surface area contributed by atoms with Crippen molar-refractivity contribution in [1.29, 1.82) is 0 Å². The Hall–Kier alpha value is 0.710. The van der Waals surface area contributed by atoms with Gasteiger partial charge in [0.2, 0.25) is 0 Å². The van der Waals surface area contributed by atoms with Gasteiger partial charge in [0.25, 0.3) is 0 Å². The molecule has 0 saturated heterocycles. The Morgan fingerprint density at radius 2 is 2.08 bits per heavy atom. The van der Waals surface area contributed by atoms with Crippen LogP contribution in [0.1, 0.15) is 26.7 Å². The van der Waals surface area contributed by atoms with E-state index in [1.165, 1.54) is 0 Å². The van der Waals surface area contributed by atoms with E-state index < -0.39 is 6.78 Å². The van der Waals surface area contributed by atoms with Gasteiger partial charge in [0.1, 0.15) is 0 Å². The lowest BCUT2D eigenvalue weighted by atomic mass is 10.3. The van der Waals surface area contributed by atoms with Gasteiger partial charge in [-0.25, -0.2) is 0 Å². The lowest BCUT2D eigenvalue weighted by Gasteiger charge is -2.26. The van der Waals surface area contributed by atoms with Gasteiger partial charge in [-0.05, 0) is 26.7 Å². The molecule has 0 atom stereocenters. The molecule has 72 valence electrons. The summed E-state index contributed by atoms with van der Waals surface area (Å²) < 4.78 is 2.11. The van der Waals surface area contributed by atoms with Gasteiger partial charge in [0.05, 0.1) is 0 Å². The average Bonchev–Trinajstić information content (AvgIpc) is 1.96. The van der Waals surface area contributed by atoms with Crippen LogP contribution in [0.5, 0.6) is 0 Å². The maximum absolute atomic E-state index is 5.85. The summed E-state index contributed by atoms with van der Waals surface area (Å²) in [7, 11) is 0. The molecule has 0 N–H and O–H groups in total. The van der Waals surface area contributed by atoms with Crippen LogP contribution in [-0.4, -0.2) is 17.3 Å². The van der Waals surface area contributed by atoms with E-state index in [1.54, 1.807) is 0 Å². The van der Waals surface area contributed by atoms with Gasteiger partial charge in [-0.3, -0.25) is 4.67 Å². The number of nitrogens with zero attached hydrogens (tertiary/aromatic N) is 1. The number of rotatable bonds is 6. The number of halogens is 2. The lowest BCUT2D eigenvalue weighted by molar-refractivity contribution is 0.386.